The van der Waals surface area contributed by atoms with Crippen molar-refractivity contribution in [3.05, 3.63) is 40.3 Å². The number of aromatic nitrogens is 1. The Balaban J connectivity index is 1.66. The number of nitrogens with zero attached hydrogens (tertiary/aromatic N) is 1. The number of rotatable bonds is 7. The summed E-state index contributed by atoms with van der Waals surface area (Å²) in [4.78, 5) is 4.22. The van der Waals surface area contributed by atoms with Crippen LogP contribution in [0.1, 0.15) is 24.1 Å². The Kier molecular flexibility index (Phi) is 4.18. The Morgan fingerprint density at radius 2 is 2.25 bits per heavy atom. The summed E-state index contributed by atoms with van der Waals surface area (Å²) in [6.07, 6.45) is 2.59. The highest BCUT2D eigenvalue weighted by Crippen LogP contribution is 2.29. The molecule has 0 radical (unpaired) electrons. The third kappa shape index (κ3) is 3.49. The lowest BCUT2D eigenvalue weighted by atomic mass is 10.2. The topological polar surface area (TPSA) is 43.4 Å². The summed E-state index contributed by atoms with van der Waals surface area (Å²) in [6, 6.07) is 6.78. The van der Waals surface area contributed by atoms with Crippen LogP contribution in [0, 0.1) is 0 Å². The van der Waals surface area contributed by atoms with E-state index in [0.29, 0.717) is 12.6 Å². The van der Waals surface area contributed by atoms with Crippen LogP contribution >= 0.6 is 11.3 Å². The smallest absolute Gasteiger partial charge is 0.162 e. The quantitative estimate of drug-likeness (QED) is 0.851. The van der Waals surface area contributed by atoms with Gasteiger partial charge in [-0.3, -0.25) is 0 Å². The molecule has 1 aliphatic carbocycles. The largest absolute Gasteiger partial charge is 0.493 e. The van der Waals surface area contributed by atoms with E-state index in [4.69, 9.17) is 9.47 Å². The third-order valence-corrected chi connectivity index (χ3v) is 3.89. The molecule has 1 fully saturated rings. The van der Waals surface area contributed by atoms with E-state index in [1.807, 2.05) is 23.0 Å². The van der Waals surface area contributed by atoms with Crippen molar-refractivity contribution in [1.29, 1.82) is 0 Å². The second-order valence-corrected chi connectivity index (χ2v) is 5.63. The summed E-state index contributed by atoms with van der Waals surface area (Å²) in [6.45, 7) is 1.35. The molecule has 0 atom stereocenters. The number of benzene rings is 1. The highest BCUT2D eigenvalue weighted by molar-refractivity contribution is 7.07. The van der Waals surface area contributed by atoms with Crippen LogP contribution in [-0.2, 0) is 13.2 Å². The van der Waals surface area contributed by atoms with Crippen molar-refractivity contribution >= 4 is 11.3 Å². The molecule has 1 N–H and O–H groups in total. The molecule has 1 heterocycles. The first-order chi connectivity index (χ1) is 9.85. The standard InChI is InChI=1S/C15H18N2O2S/c1-18-14-5-2-11(7-16-12-3-4-12)6-15(14)19-8-13-9-20-10-17-13/h2,5-6,9-10,12,16H,3-4,7-8H2,1H3. The van der Waals surface area contributed by atoms with Gasteiger partial charge in [-0.2, -0.15) is 0 Å². The average molecular weight is 290 g/mol. The SMILES string of the molecule is COc1ccc(CNC2CC2)cc1OCc1cscn1. The van der Waals surface area contributed by atoms with E-state index >= 15 is 0 Å². The zero-order valence-corrected chi connectivity index (χ0v) is 12.3. The van der Waals surface area contributed by atoms with Crippen LogP contribution in [0.4, 0.5) is 0 Å². The minimum Gasteiger partial charge on any atom is -0.493 e. The van der Waals surface area contributed by atoms with Crippen molar-refractivity contribution < 1.29 is 9.47 Å². The van der Waals surface area contributed by atoms with Crippen molar-refractivity contribution in [2.75, 3.05) is 7.11 Å². The molecule has 0 amide bonds. The van der Waals surface area contributed by atoms with E-state index in [1.165, 1.54) is 18.4 Å². The molecular weight excluding hydrogens is 272 g/mol. The van der Waals surface area contributed by atoms with Gasteiger partial charge in [-0.1, -0.05) is 6.07 Å². The highest BCUT2D eigenvalue weighted by atomic mass is 32.1. The number of methoxy groups -OCH3 is 1. The molecule has 3 rings (SSSR count). The molecule has 0 unspecified atom stereocenters. The van der Waals surface area contributed by atoms with Crippen LogP contribution in [0.3, 0.4) is 0 Å². The van der Waals surface area contributed by atoms with Crippen molar-refractivity contribution in [1.82, 2.24) is 10.3 Å². The predicted molar refractivity (Wildman–Crippen MR) is 79.3 cm³/mol. The third-order valence-electron chi connectivity index (χ3n) is 3.26. The highest BCUT2D eigenvalue weighted by Gasteiger charge is 2.20. The van der Waals surface area contributed by atoms with Crippen molar-refractivity contribution in [3.63, 3.8) is 0 Å². The van der Waals surface area contributed by atoms with E-state index in [0.717, 1.165) is 23.7 Å². The molecule has 5 heteroatoms. The van der Waals surface area contributed by atoms with Gasteiger partial charge < -0.3 is 14.8 Å². The molecule has 2 aromatic rings. The van der Waals surface area contributed by atoms with E-state index < -0.39 is 0 Å². The predicted octanol–water partition coefficient (Wildman–Crippen LogP) is 2.98. The fraction of sp³-hybridized carbons (Fsp3) is 0.400. The molecule has 1 saturated carbocycles. The Bertz CT molecular complexity index is 553. The van der Waals surface area contributed by atoms with Gasteiger partial charge in [0.25, 0.3) is 0 Å². The first kappa shape index (κ1) is 13.4. The van der Waals surface area contributed by atoms with E-state index in [2.05, 4.69) is 16.4 Å². The molecular formula is C15H18N2O2S. The minimum absolute atomic E-state index is 0.472. The summed E-state index contributed by atoms with van der Waals surface area (Å²) in [7, 11) is 1.66. The van der Waals surface area contributed by atoms with Gasteiger partial charge in [-0.15, -0.1) is 11.3 Å². The van der Waals surface area contributed by atoms with Gasteiger partial charge in [0.15, 0.2) is 11.5 Å². The molecule has 0 saturated heterocycles. The molecule has 1 aromatic heterocycles. The average Bonchev–Trinajstić information content (AvgIpc) is 3.17. The molecule has 4 nitrogen and oxygen atoms in total. The Morgan fingerprint density at radius 1 is 1.35 bits per heavy atom. The van der Waals surface area contributed by atoms with Crippen molar-refractivity contribution in [3.8, 4) is 11.5 Å². The summed E-state index contributed by atoms with van der Waals surface area (Å²) < 4.78 is 11.2. The minimum atomic E-state index is 0.472. The second-order valence-electron chi connectivity index (χ2n) is 4.91. The first-order valence-electron chi connectivity index (χ1n) is 6.75. The monoisotopic (exact) mass is 290 g/mol. The molecule has 1 aromatic carbocycles. The van der Waals surface area contributed by atoms with Gasteiger partial charge in [0.1, 0.15) is 6.61 Å². The molecule has 1 aliphatic rings. The Labute approximate surface area is 122 Å². The van der Waals surface area contributed by atoms with E-state index in [-0.39, 0.29) is 0 Å². The fourth-order valence-corrected chi connectivity index (χ4v) is 2.50. The molecule has 106 valence electrons. The number of hydrogen-bond donors (Lipinski definition) is 1. The van der Waals surface area contributed by atoms with Crippen molar-refractivity contribution in [2.45, 2.75) is 32.0 Å². The van der Waals surface area contributed by atoms with Gasteiger partial charge in [-0.25, -0.2) is 4.98 Å². The van der Waals surface area contributed by atoms with Gasteiger partial charge in [0, 0.05) is 18.0 Å². The lowest BCUT2D eigenvalue weighted by molar-refractivity contribution is 0.281. The zero-order chi connectivity index (χ0) is 13.8. The molecule has 0 spiro atoms. The van der Waals surface area contributed by atoms with Crippen LogP contribution in [0.25, 0.3) is 0 Å². The molecule has 0 aliphatic heterocycles. The lowest BCUT2D eigenvalue weighted by Gasteiger charge is -2.12. The maximum absolute atomic E-state index is 5.83. The fourth-order valence-electron chi connectivity index (χ4n) is 1.95. The first-order valence-corrected chi connectivity index (χ1v) is 7.69. The van der Waals surface area contributed by atoms with Gasteiger partial charge in [0.2, 0.25) is 0 Å². The summed E-state index contributed by atoms with van der Waals surface area (Å²) >= 11 is 1.57. The van der Waals surface area contributed by atoms with Crippen LogP contribution < -0.4 is 14.8 Å². The number of hydrogen-bond acceptors (Lipinski definition) is 5. The Hall–Kier alpha value is -1.59. The van der Waals surface area contributed by atoms with Crippen LogP contribution in [-0.4, -0.2) is 18.1 Å². The lowest BCUT2D eigenvalue weighted by Crippen LogP contribution is -2.15. The number of ether oxygens (including phenoxy) is 2. The molecule has 20 heavy (non-hydrogen) atoms. The second kappa shape index (κ2) is 6.24. The summed E-state index contributed by atoms with van der Waals surface area (Å²) in [5.41, 5.74) is 3.97. The zero-order valence-electron chi connectivity index (χ0n) is 11.5. The Morgan fingerprint density at radius 3 is 2.95 bits per heavy atom. The van der Waals surface area contributed by atoms with Crippen molar-refractivity contribution in [2.24, 2.45) is 0 Å². The van der Waals surface area contributed by atoms with Crippen LogP contribution in [0.2, 0.25) is 0 Å². The van der Waals surface area contributed by atoms with Crippen LogP contribution in [0.15, 0.2) is 29.1 Å². The maximum Gasteiger partial charge on any atom is 0.162 e. The number of nitrogens with one attached hydrogen (secondary N) is 1. The maximum atomic E-state index is 5.83. The van der Waals surface area contributed by atoms with Gasteiger partial charge >= 0.3 is 0 Å². The van der Waals surface area contributed by atoms with Gasteiger partial charge in [0.05, 0.1) is 18.3 Å². The normalized spacial score (nSPS) is 14.2. The van der Waals surface area contributed by atoms with E-state index in [1.54, 1.807) is 18.4 Å². The number of thiazole rings is 1. The van der Waals surface area contributed by atoms with Crippen LogP contribution in [0.5, 0.6) is 11.5 Å². The van der Waals surface area contributed by atoms with E-state index in [9.17, 15) is 0 Å². The summed E-state index contributed by atoms with van der Waals surface area (Å²) in [5, 5.41) is 5.49. The van der Waals surface area contributed by atoms with Gasteiger partial charge in [-0.05, 0) is 30.5 Å². The summed E-state index contributed by atoms with van der Waals surface area (Å²) in [5.74, 6) is 1.53. The molecule has 0 bridgehead atoms.